The molecule has 1 amide bonds. The van der Waals surface area contributed by atoms with Crippen molar-refractivity contribution in [2.24, 2.45) is 0 Å². The van der Waals surface area contributed by atoms with E-state index >= 15 is 0 Å². The van der Waals surface area contributed by atoms with Gasteiger partial charge in [-0.3, -0.25) is 9.59 Å². The second-order valence-corrected chi connectivity index (χ2v) is 5.88. The molecule has 1 aliphatic heterocycles. The Kier molecular flexibility index (Phi) is 4.33. The van der Waals surface area contributed by atoms with Crippen LogP contribution in [-0.4, -0.2) is 39.8 Å². The molecule has 1 fully saturated rings. The SMILES string of the molecule is Cc1cc(=O)n(CC(=O)N2CC(Oc3ccccc3F)C2)nc1C. The third kappa shape index (κ3) is 3.29. The van der Waals surface area contributed by atoms with Crippen LogP contribution in [0.15, 0.2) is 35.1 Å². The summed E-state index contributed by atoms with van der Waals surface area (Å²) in [4.78, 5) is 25.6. The molecule has 1 aromatic heterocycles. The minimum Gasteiger partial charge on any atom is -0.484 e. The van der Waals surface area contributed by atoms with E-state index in [4.69, 9.17) is 4.74 Å². The van der Waals surface area contributed by atoms with Crippen molar-refractivity contribution < 1.29 is 13.9 Å². The van der Waals surface area contributed by atoms with Crippen LogP contribution in [0.2, 0.25) is 0 Å². The lowest BCUT2D eigenvalue weighted by Gasteiger charge is -2.39. The van der Waals surface area contributed by atoms with Crippen LogP contribution in [0.25, 0.3) is 0 Å². The van der Waals surface area contributed by atoms with Gasteiger partial charge in [0.05, 0.1) is 18.8 Å². The Bertz CT molecular complexity index is 828. The Balaban J connectivity index is 1.56. The molecule has 2 heterocycles. The first-order chi connectivity index (χ1) is 11.4. The number of hydrogen-bond donors (Lipinski definition) is 0. The summed E-state index contributed by atoms with van der Waals surface area (Å²) < 4.78 is 20.2. The molecule has 0 N–H and O–H groups in total. The molecule has 0 unspecified atom stereocenters. The van der Waals surface area contributed by atoms with Crippen LogP contribution >= 0.6 is 0 Å². The number of rotatable bonds is 4. The maximum atomic E-state index is 13.5. The smallest absolute Gasteiger partial charge is 0.267 e. The topological polar surface area (TPSA) is 64.4 Å². The molecular formula is C17H18FN3O3. The highest BCUT2D eigenvalue weighted by molar-refractivity contribution is 5.76. The molecule has 6 nitrogen and oxygen atoms in total. The zero-order chi connectivity index (χ0) is 17.3. The van der Waals surface area contributed by atoms with Gasteiger partial charge in [0.25, 0.3) is 5.56 Å². The molecular weight excluding hydrogens is 313 g/mol. The molecule has 0 bridgehead atoms. The molecule has 3 rings (SSSR count). The van der Waals surface area contributed by atoms with Gasteiger partial charge in [-0.25, -0.2) is 9.07 Å². The van der Waals surface area contributed by atoms with Gasteiger partial charge in [0.1, 0.15) is 12.6 Å². The van der Waals surface area contributed by atoms with Gasteiger partial charge in [-0.2, -0.15) is 5.10 Å². The summed E-state index contributed by atoms with van der Waals surface area (Å²) in [5, 5.41) is 4.13. The van der Waals surface area contributed by atoms with Crippen molar-refractivity contribution in [1.29, 1.82) is 0 Å². The van der Waals surface area contributed by atoms with Crippen molar-refractivity contribution in [3.05, 3.63) is 57.8 Å². The normalized spacial score (nSPS) is 14.4. The highest BCUT2D eigenvalue weighted by Gasteiger charge is 2.33. The van der Waals surface area contributed by atoms with E-state index in [1.165, 1.54) is 12.1 Å². The van der Waals surface area contributed by atoms with E-state index in [-0.39, 0.29) is 29.9 Å². The second kappa shape index (κ2) is 6.43. The summed E-state index contributed by atoms with van der Waals surface area (Å²) in [6.07, 6.45) is -0.240. The van der Waals surface area contributed by atoms with Crippen LogP contribution in [-0.2, 0) is 11.3 Å². The maximum Gasteiger partial charge on any atom is 0.267 e. The van der Waals surface area contributed by atoms with Crippen molar-refractivity contribution in [3.63, 3.8) is 0 Å². The van der Waals surface area contributed by atoms with Gasteiger partial charge in [-0.1, -0.05) is 12.1 Å². The van der Waals surface area contributed by atoms with E-state index in [1.54, 1.807) is 36.9 Å². The number of para-hydroxylation sites is 1. The third-order valence-electron chi connectivity index (χ3n) is 4.05. The number of halogens is 1. The van der Waals surface area contributed by atoms with Crippen molar-refractivity contribution in [1.82, 2.24) is 14.7 Å². The molecule has 2 aromatic rings. The van der Waals surface area contributed by atoms with Gasteiger partial charge >= 0.3 is 0 Å². The van der Waals surface area contributed by atoms with E-state index in [0.717, 1.165) is 10.2 Å². The second-order valence-electron chi connectivity index (χ2n) is 5.88. The number of carbonyl (C=O) groups is 1. The third-order valence-corrected chi connectivity index (χ3v) is 4.05. The van der Waals surface area contributed by atoms with Crippen LogP contribution in [0.5, 0.6) is 5.75 Å². The van der Waals surface area contributed by atoms with Gasteiger partial charge in [0.15, 0.2) is 11.6 Å². The molecule has 0 saturated carbocycles. The van der Waals surface area contributed by atoms with Crippen LogP contribution in [0.3, 0.4) is 0 Å². The number of ether oxygens (including phenoxy) is 1. The van der Waals surface area contributed by atoms with E-state index < -0.39 is 5.82 Å². The highest BCUT2D eigenvalue weighted by atomic mass is 19.1. The Morgan fingerprint density at radius 3 is 2.75 bits per heavy atom. The predicted molar refractivity (Wildman–Crippen MR) is 85.4 cm³/mol. The van der Waals surface area contributed by atoms with Crippen molar-refractivity contribution in [2.75, 3.05) is 13.1 Å². The number of aryl methyl sites for hydroxylation is 2. The van der Waals surface area contributed by atoms with E-state index in [1.807, 2.05) is 0 Å². The number of hydrogen-bond acceptors (Lipinski definition) is 4. The van der Waals surface area contributed by atoms with Crippen molar-refractivity contribution >= 4 is 5.91 Å². The molecule has 0 radical (unpaired) electrons. The number of aromatic nitrogens is 2. The average molecular weight is 331 g/mol. The lowest BCUT2D eigenvalue weighted by Crippen LogP contribution is -2.57. The fraction of sp³-hybridized carbons (Fsp3) is 0.353. The molecule has 0 atom stereocenters. The molecule has 0 spiro atoms. The monoisotopic (exact) mass is 331 g/mol. The molecule has 1 aliphatic rings. The molecule has 1 saturated heterocycles. The number of amides is 1. The first-order valence-corrected chi connectivity index (χ1v) is 7.68. The Hall–Kier alpha value is -2.70. The van der Waals surface area contributed by atoms with Crippen LogP contribution in [0.1, 0.15) is 11.3 Å². The quantitative estimate of drug-likeness (QED) is 0.847. The molecule has 0 aliphatic carbocycles. The lowest BCUT2D eigenvalue weighted by molar-refractivity contribution is -0.141. The molecule has 126 valence electrons. The van der Waals surface area contributed by atoms with Crippen LogP contribution in [0, 0.1) is 19.7 Å². The molecule has 7 heteroatoms. The fourth-order valence-corrected chi connectivity index (χ4v) is 2.45. The summed E-state index contributed by atoms with van der Waals surface area (Å²) >= 11 is 0. The van der Waals surface area contributed by atoms with Crippen LogP contribution < -0.4 is 10.3 Å². The Labute approximate surface area is 138 Å². The van der Waals surface area contributed by atoms with Gasteiger partial charge in [0.2, 0.25) is 5.91 Å². The number of carbonyl (C=O) groups excluding carboxylic acids is 1. The summed E-state index contributed by atoms with van der Waals surface area (Å²) in [6.45, 7) is 4.22. The van der Waals surface area contributed by atoms with E-state index in [9.17, 15) is 14.0 Å². The average Bonchev–Trinajstić information content (AvgIpc) is 2.49. The summed E-state index contributed by atoms with van der Waals surface area (Å²) in [6, 6.07) is 7.63. The minimum absolute atomic E-state index is 0.105. The minimum atomic E-state index is -0.423. The van der Waals surface area contributed by atoms with E-state index in [0.29, 0.717) is 18.8 Å². The Morgan fingerprint density at radius 1 is 1.33 bits per heavy atom. The zero-order valence-electron chi connectivity index (χ0n) is 13.5. The number of benzene rings is 1. The lowest BCUT2D eigenvalue weighted by atomic mass is 10.1. The first-order valence-electron chi connectivity index (χ1n) is 7.68. The van der Waals surface area contributed by atoms with E-state index in [2.05, 4.69) is 5.10 Å². The molecule has 1 aromatic carbocycles. The fourth-order valence-electron chi connectivity index (χ4n) is 2.45. The van der Waals surface area contributed by atoms with Gasteiger partial charge in [-0.15, -0.1) is 0 Å². The Morgan fingerprint density at radius 2 is 2.04 bits per heavy atom. The number of nitrogens with zero attached hydrogens (tertiary/aromatic N) is 3. The van der Waals surface area contributed by atoms with Gasteiger partial charge in [0, 0.05) is 6.07 Å². The summed E-state index contributed by atoms with van der Waals surface area (Å²) in [5.41, 5.74) is 1.21. The van der Waals surface area contributed by atoms with Crippen molar-refractivity contribution in [2.45, 2.75) is 26.5 Å². The van der Waals surface area contributed by atoms with Gasteiger partial charge in [-0.05, 0) is 31.5 Å². The highest BCUT2D eigenvalue weighted by Crippen LogP contribution is 2.21. The standard InChI is InChI=1S/C17H18FN3O3/c1-11-7-16(22)21(19-12(11)2)10-17(23)20-8-13(9-20)24-15-6-4-3-5-14(15)18/h3-7,13H,8-10H2,1-2H3. The first kappa shape index (κ1) is 16.2. The zero-order valence-corrected chi connectivity index (χ0v) is 13.5. The maximum absolute atomic E-state index is 13.5. The largest absolute Gasteiger partial charge is 0.484 e. The molecule has 24 heavy (non-hydrogen) atoms. The van der Waals surface area contributed by atoms with Gasteiger partial charge < -0.3 is 9.64 Å². The number of likely N-dealkylation sites (tertiary alicyclic amines) is 1. The van der Waals surface area contributed by atoms with Crippen LogP contribution in [0.4, 0.5) is 4.39 Å². The summed E-state index contributed by atoms with van der Waals surface area (Å²) in [5.74, 6) is -0.448. The summed E-state index contributed by atoms with van der Waals surface area (Å²) in [7, 11) is 0. The van der Waals surface area contributed by atoms with Crippen molar-refractivity contribution in [3.8, 4) is 5.75 Å². The predicted octanol–water partition coefficient (Wildman–Crippen LogP) is 1.29.